The predicted octanol–water partition coefficient (Wildman–Crippen LogP) is 5.02. The summed E-state index contributed by atoms with van der Waals surface area (Å²) in [6.45, 7) is 4.29. The molecule has 4 heteroatoms. The van der Waals surface area contributed by atoms with Crippen LogP contribution in [0.25, 0.3) is 10.1 Å². The zero-order valence-electron chi connectivity index (χ0n) is 7.69. The maximum Gasteiger partial charge on any atom is 0.0371 e. The molecule has 74 valence electrons. The summed E-state index contributed by atoms with van der Waals surface area (Å²) in [5, 5.41) is 1.33. The lowest BCUT2D eigenvalue weighted by atomic mass is 10.2. The van der Waals surface area contributed by atoms with E-state index < -0.39 is 0 Å². The third-order valence-corrected chi connectivity index (χ3v) is 7.45. The molecule has 0 radical (unpaired) electrons. The molecule has 1 aromatic carbocycles. The number of hydrogen-bond donors (Lipinski definition) is 1. The minimum absolute atomic E-state index is 1.15. The quantitative estimate of drug-likeness (QED) is 0.427. The van der Waals surface area contributed by atoms with Crippen molar-refractivity contribution in [2.24, 2.45) is 0 Å². The highest BCUT2D eigenvalue weighted by Crippen LogP contribution is 2.39. The molecule has 0 atom stereocenters. The lowest BCUT2D eigenvalue weighted by Crippen LogP contribution is -1.85. The van der Waals surface area contributed by atoms with Crippen LogP contribution in [0.3, 0.4) is 0 Å². The Morgan fingerprint density at radius 3 is 2.50 bits per heavy atom. The van der Waals surface area contributed by atoms with Gasteiger partial charge in [-0.1, -0.05) is 0 Å². The molecule has 0 saturated heterocycles. The van der Waals surface area contributed by atoms with Gasteiger partial charge in [-0.25, -0.2) is 0 Å². The first-order valence-corrected chi connectivity index (χ1v) is 7.51. The molecule has 0 aliphatic heterocycles. The Labute approximate surface area is 120 Å². The van der Waals surface area contributed by atoms with Gasteiger partial charge in [0.25, 0.3) is 0 Å². The first-order valence-electron chi connectivity index (χ1n) is 4.09. The van der Waals surface area contributed by atoms with Crippen LogP contribution in [0.1, 0.15) is 10.4 Å². The van der Waals surface area contributed by atoms with Gasteiger partial charge >= 0.3 is 0 Å². The van der Waals surface area contributed by atoms with Crippen molar-refractivity contribution < 1.29 is 0 Å². The van der Waals surface area contributed by atoms with Gasteiger partial charge in [-0.15, -0.1) is 24.0 Å². The summed E-state index contributed by atoms with van der Waals surface area (Å²) in [5.74, 6) is 0. The van der Waals surface area contributed by atoms with Crippen LogP contribution in [0.5, 0.6) is 0 Å². The highest BCUT2D eigenvalue weighted by molar-refractivity contribution is 14.1. The lowest BCUT2D eigenvalue weighted by Gasteiger charge is -2.03. The standard InChI is InChI=1S/C10H8I2S2/c1-4-3-6-7(9(12)8(4)11)10(13)5(2)14-6/h3,13H,1-2H3. The van der Waals surface area contributed by atoms with E-state index in [0.717, 1.165) is 4.90 Å². The van der Waals surface area contributed by atoms with Gasteiger partial charge in [0.05, 0.1) is 0 Å². The van der Waals surface area contributed by atoms with Crippen molar-refractivity contribution in [2.75, 3.05) is 0 Å². The maximum atomic E-state index is 4.57. The number of rotatable bonds is 0. The molecule has 0 fully saturated rings. The smallest absolute Gasteiger partial charge is 0.0371 e. The van der Waals surface area contributed by atoms with E-state index in [2.05, 4.69) is 77.7 Å². The maximum absolute atomic E-state index is 4.57. The third kappa shape index (κ3) is 1.72. The molecule has 0 aliphatic rings. The molecule has 14 heavy (non-hydrogen) atoms. The van der Waals surface area contributed by atoms with Gasteiger partial charge in [-0.2, -0.15) is 0 Å². The van der Waals surface area contributed by atoms with Crippen LogP contribution in [0, 0.1) is 21.0 Å². The van der Waals surface area contributed by atoms with E-state index in [9.17, 15) is 0 Å². The van der Waals surface area contributed by atoms with E-state index >= 15 is 0 Å². The van der Waals surface area contributed by atoms with E-state index in [1.165, 1.54) is 27.7 Å². The number of benzene rings is 1. The molecule has 0 nitrogen and oxygen atoms in total. The largest absolute Gasteiger partial charge is 0.142 e. The summed E-state index contributed by atoms with van der Waals surface area (Å²) in [5.41, 5.74) is 1.36. The molecule has 0 saturated carbocycles. The molecular formula is C10H8I2S2. The second kappa shape index (κ2) is 4.10. The first-order chi connectivity index (χ1) is 6.52. The SMILES string of the molecule is Cc1cc2sc(C)c(S)c2c(I)c1I. The number of thiol groups is 1. The van der Waals surface area contributed by atoms with Crippen molar-refractivity contribution in [3.05, 3.63) is 23.6 Å². The lowest BCUT2D eigenvalue weighted by molar-refractivity contribution is 1.41. The molecule has 2 aromatic rings. The van der Waals surface area contributed by atoms with Gasteiger partial charge in [0.15, 0.2) is 0 Å². The minimum atomic E-state index is 1.15. The average molecular weight is 446 g/mol. The Bertz CT molecular complexity index is 515. The van der Waals surface area contributed by atoms with Crippen molar-refractivity contribution in [1.29, 1.82) is 0 Å². The number of aryl methyl sites for hydroxylation is 2. The average Bonchev–Trinajstić information content (AvgIpc) is 2.39. The molecule has 0 bridgehead atoms. The van der Waals surface area contributed by atoms with Crippen molar-refractivity contribution >= 4 is 79.2 Å². The highest BCUT2D eigenvalue weighted by atomic mass is 127. The van der Waals surface area contributed by atoms with Crippen LogP contribution in [0.15, 0.2) is 11.0 Å². The zero-order chi connectivity index (χ0) is 10.5. The minimum Gasteiger partial charge on any atom is -0.142 e. The molecule has 1 heterocycles. The fourth-order valence-corrected chi connectivity index (χ4v) is 4.74. The van der Waals surface area contributed by atoms with E-state index in [1.807, 2.05) is 11.3 Å². The Hall–Kier alpha value is 0.990. The normalized spacial score (nSPS) is 11.2. The molecule has 2 rings (SSSR count). The predicted molar refractivity (Wildman–Crippen MR) is 84.0 cm³/mol. The molecule has 0 spiro atoms. The van der Waals surface area contributed by atoms with E-state index in [4.69, 9.17) is 0 Å². The number of hydrogen-bond acceptors (Lipinski definition) is 2. The summed E-state index contributed by atoms with van der Waals surface area (Å²) in [4.78, 5) is 2.45. The van der Waals surface area contributed by atoms with Gasteiger partial charge < -0.3 is 0 Å². The van der Waals surface area contributed by atoms with Crippen molar-refractivity contribution in [3.8, 4) is 0 Å². The van der Waals surface area contributed by atoms with Crippen LogP contribution < -0.4 is 0 Å². The Morgan fingerprint density at radius 2 is 1.86 bits per heavy atom. The monoisotopic (exact) mass is 446 g/mol. The second-order valence-electron chi connectivity index (χ2n) is 3.20. The Morgan fingerprint density at radius 1 is 1.21 bits per heavy atom. The molecule has 1 aromatic heterocycles. The summed E-state index contributed by atoms with van der Waals surface area (Å²) in [6.07, 6.45) is 0. The van der Waals surface area contributed by atoms with Gasteiger partial charge in [-0.05, 0) is 70.7 Å². The molecule has 0 aliphatic carbocycles. The highest BCUT2D eigenvalue weighted by Gasteiger charge is 2.13. The van der Waals surface area contributed by atoms with E-state index in [-0.39, 0.29) is 0 Å². The van der Waals surface area contributed by atoms with Crippen LogP contribution in [-0.4, -0.2) is 0 Å². The summed E-state index contributed by atoms with van der Waals surface area (Å²) < 4.78 is 4.05. The molecule has 0 amide bonds. The fourth-order valence-electron chi connectivity index (χ4n) is 1.41. The summed E-state index contributed by atoms with van der Waals surface area (Å²) in [6, 6.07) is 2.26. The van der Waals surface area contributed by atoms with Crippen molar-refractivity contribution in [3.63, 3.8) is 0 Å². The number of thiophene rings is 1. The van der Waals surface area contributed by atoms with Gasteiger partial charge in [0.1, 0.15) is 0 Å². The Balaban J connectivity index is 2.99. The van der Waals surface area contributed by atoms with Crippen LogP contribution in [-0.2, 0) is 0 Å². The second-order valence-corrected chi connectivity index (χ2v) is 7.06. The first kappa shape index (κ1) is 11.5. The number of fused-ring (bicyclic) bond motifs is 1. The van der Waals surface area contributed by atoms with Gasteiger partial charge in [0, 0.05) is 27.0 Å². The fraction of sp³-hybridized carbons (Fsp3) is 0.200. The van der Waals surface area contributed by atoms with Crippen LogP contribution >= 0.6 is 69.1 Å². The zero-order valence-corrected chi connectivity index (χ0v) is 13.7. The van der Waals surface area contributed by atoms with Gasteiger partial charge in [-0.3, -0.25) is 0 Å². The van der Waals surface area contributed by atoms with Crippen molar-refractivity contribution in [1.82, 2.24) is 0 Å². The molecule has 0 unspecified atom stereocenters. The molecule has 0 N–H and O–H groups in total. The van der Waals surface area contributed by atoms with Crippen LogP contribution in [0.4, 0.5) is 0 Å². The topological polar surface area (TPSA) is 0 Å². The van der Waals surface area contributed by atoms with E-state index in [1.54, 1.807) is 0 Å². The van der Waals surface area contributed by atoms with Crippen molar-refractivity contribution in [2.45, 2.75) is 18.7 Å². The summed E-state index contributed by atoms with van der Waals surface area (Å²) in [7, 11) is 0. The van der Waals surface area contributed by atoms with Crippen LogP contribution in [0.2, 0.25) is 0 Å². The third-order valence-electron chi connectivity index (χ3n) is 2.19. The number of halogens is 2. The van der Waals surface area contributed by atoms with Gasteiger partial charge in [0.2, 0.25) is 0 Å². The van der Waals surface area contributed by atoms with E-state index in [0.29, 0.717) is 0 Å². The summed E-state index contributed by atoms with van der Waals surface area (Å²) >= 11 is 11.2. The molecular weight excluding hydrogens is 438 g/mol. The Kier molecular flexibility index (Phi) is 3.36.